The largest absolute Gasteiger partial charge is 0.507 e. The molecule has 0 amide bonds. The molecule has 2 nitrogen and oxygen atoms in total. The summed E-state index contributed by atoms with van der Waals surface area (Å²) in [4.78, 5) is 0. The fraction of sp³-hybridized carbons (Fsp3) is 0.625. The Bertz CT molecular complexity index is 371. The van der Waals surface area contributed by atoms with Gasteiger partial charge in [0.25, 0.3) is 0 Å². The van der Waals surface area contributed by atoms with Crippen LogP contribution in [0.25, 0.3) is 0 Å². The Balaban J connectivity index is 1.76. The highest BCUT2D eigenvalue weighted by Gasteiger charge is 2.13. The first-order chi connectivity index (χ1) is 8.66. The molecular formula is C16H25NO. The van der Waals surface area contributed by atoms with Crippen molar-refractivity contribution in [2.45, 2.75) is 52.5 Å². The first-order valence-electron chi connectivity index (χ1n) is 7.16. The quantitative estimate of drug-likeness (QED) is 0.778. The van der Waals surface area contributed by atoms with Crippen molar-refractivity contribution in [2.24, 2.45) is 5.92 Å². The summed E-state index contributed by atoms with van der Waals surface area (Å²) in [6, 6.07) is 4.15. The molecule has 1 aliphatic carbocycles. The van der Waals surface area contributed by atoms with E-state index < -0.39 is 0 Å². The van der Waals surface area contributed by atoms with Crippen molar-refractivity contribution in [2.75, 3.05) is 6.54 Å². The summed E-state index contributed by atoms with van der Waals surface area (Å²) in [6.45, 7) is 5.95. The Kier molecular flexibility index (Phi) is 4.65. The summed E-state index contributed by atoms with van der Waals surface area (Å²) in [5.41, 5.74) is 3.22. The lowest BCUT2D eigenvalue weighted by molar-refractivity contribution is 0.465. The number of rotatable bonds is 5. The molecule has 2 N–H and O–H groups in total. The topological polar surface area (TPSA) is 32.3 Å². The maximum Gasteiger partial charge on any atom is 0.121 e. The van der Waals surface area contributed by atoms with Gasteiger partial charge in [-0.1, -0.05) is 37.8 Å². The smallest absolute Gasteiger partial charge is 0.121 e. The molecule has 0 bridgehead atoms. The molecule has 2 heteroatoms. The van der Waals surface area contributed by atoms with Gasteiger partial charge in [0, 0.05) is 6.54 Å². The van der Waals surface area contributed by atoms with Crippen molar-refractivity contribution in [3.63, 3.8) is 0 Å². The van der Waals surface area contributed by atoms with Gasteiger partial charge in [0.15, 0.2) is 0 Å². The van der Waals surface area contributed by atoms with Gasteiger partial charge in [0.05, 0.1) is 0 Å². The molecule has 0 aromatic heterocycles. The molecule has 18 heavy (non-hydrogen) atoms. The lowest BCUT2D eigenvalue weighted by Gasteiger charge is -2.11. The van der Waals surface area contributed by atoms with Crippen LogP contribution in [0.5, 0.6) is 5.75 Å². The molecule has 100 valence electrons. The number of phenols is 1. The summed E-state index contributed by atoms with van der Waals surface area (Å²) in [7, 11) is 0. The third-order valence-electron chi connectivity index (χ3n) is 4.08. The van der Waals surface area contributed by atoms with E-state index >= 15 is 0 Å². The second kappa shape index (κ2) is 6.24. The molecule has 1 aromatic rings. The van der Waals surface area contributed by atoms with Crippen LogP contribution in [0.4, 0.5) is 0 Å². The third-order valence-corrected chi connectivity index (χ3v) is 4.08. The SMILES string of the molecule is Cc1cc(CNCCC2CCCC2)cc(C)c1O. The predicted molar refractivity (Wildman–Crippen MR) is 75.9 cm³/mol. The second-order valence-corrected chi connectivity index (χ2v) is 5.69. The van der Waals surface area contributed by atoms with Crippen molar-refractivity contribution in [3.05, 3.63) is 28.8 Å². The van der Waals surface area contributed by atoms with Crippen molar-refractivity contribution in [1.29, 1.82) is 0 Å². The van der Waals surface area contributed by atoms with Gasteiger partial charge in [-0.25, -0.2) is 0 Å². The maximum absolute atomic E-state index is 9.73. The number of hydrogen-bond donors (Lipinski definition) is 2. The van der Waals surface area contributed by atoms with E-state index in [0.29, 0.717) is 5.75 Å². The highest BCUT2D eigenvalue weighted by Crippen LogP contribution is 2.27. The zero-order chi connectivity index (χ0) is 13.0. The van der Waals surface area contributed by atoms with Crippen LogP contribution in [-0.4, -0.2) is 11.7 Å². The maximum atomic E-state index is 9.73. The summed E-state index contributed by atoms with van der Waals surface area (Å²) in [6.07, 6.45) is 7.04. The number of aryl methyl sites for hydroxylation is 2. The van der Waals surface area contributed by atoms with Crippen molar-refractivity contribution in [3.8, 4) is 5.75 Å². The van der Waals surface area contributed by atoms with Crippen LogP contribution in [0.1, 0.15) is 48.8 Å². The Morgan fingerprint density at radius 1 is 1.17 bits per heavy atom. The summed E-state index contributed by atoms with van der Waals surface area (Å²) >= 11 is 0. The van der Waals surface area contributed by atoms with E-state index in [0.717, 1.165) is 30.1 Å². The molecule has 2 rings (SSSR count). The van der Waals surface area contributed by atoms with Gasteiger partial charge < -0.3 is 10.4 Å². The minimum Gasteiger partial charge on any atom is -0.507 e. The molecule has 0 heterocycles. The molecule has 0 spiro atoms. The summed E-state index contributed by atoms with van der Waals surface area (Å²) in [5, 5.41) is 13.2. The first kappa shape index (κ1) is 13.4. The minimum absolute atomic E-state index is 0.435. The van der Waals surface area contributed by atoms with Crippen LogP contribution in [0.3, 0.4) is 0 Å². The van der Waals surface area contributed by atoms with E-state index in [1.807, 2.05) is 13.8 Å². The molecule has 1 aromatic carbocycles. The number of benzene rings is 1. The Labute approximate surface area is 110 Å². The fourth-order valence-electron chi connectivity index (χ4n) is 2.99. The van der Waals surface area contributed by atoms with Crippen LogP contribution < -0.4 is 5.32 Å². The predicted octanol–water partition coefficient (Wildman–Crippen LogP) is 3.68. The van der Waals surface area contributed by atoms with Crippen LogP contribution in [-0.2, 0) is 6.54 Å². The normalized spacial score (nSPS) is 16.3. The van der Waals surface area contributed by atoms with E-state index in [-0.39, 0.29) is 0 Å². The van der Waals surface area contributed by atoms with Gasteiger partial charge in [-0.05, 0) is 49.4 Å². The summed E-state index contributed by atoms with van der Waals surface area (Å²) < 4.78 is 0. The average Bonchev–Trinajstić information content (AvgIpc) is 2.84. The van der Waals surface area contributed by atoms with Gasteiger partial charge in [-0.15, -0.1) is 0 Å². The van der Waals surface area contributed by atoms with Crippen LogP contribution in [0, 0.1) is 19.8 Å². The van der Waals surface area contributed by atoms with Gasteiger partial charge in [-0.3, -0.25) is 0 Å². The van der Waals surface area contributed by atoms with Gasteiger partial charge in [-0.2, -0.15) is 0 Å². The molecule has 0 atom stereocenters. The average molecular weight is 247 g/mol. The highest BCUT2D eigenvalue weighted by atomic mass is 16.3. The number of nitrogens with one attached hydrogen (secondary N) is 1. The Hall–Kier alpha value is -1.02. The van der Waals surface area contributed by atoms with E-state index in [1.165, 1.54) is 37.7 Å². The van der Waals surface area contributed by atoms with Crippen LogP contribution >= 0.6 is 0 Å². The van der Waals surface area contributed by atoms with Crippen molar-refractivity contribution >= 4 is 0 Å². The zero-order valence-electron chi connectivity index (χ0n) is 11.6. The fourth-order valence-corrected chi connectivity index (χ4v) is 2.99. The number of aromatic hydroxyl groups is 1. The second-order valence-electron chi connectivity index (χ2n) is 5.69. The van der Waals surface area contributed by atoms with Crippen molar-refractivity contribution < 1.29 is 5.11 Å². The highest BCUT2D eigenvalue weighted by molar-refractivity contribution is 5.42. The lowest BCUT2D eigenvalue weighted by atomic mass is 10.0. The molecule has 0 aliphatic heterocycles. The first-order valence-corrected chi connectivity index (χ1v) is 7.16. The van der Waals surface area contributed by atoms with Crippen LogP contribution in [0.15, 0.2) is 12.1 Å². The molecular weight excluding hydrogens is 222 g/mol. The van der Waals surface area contributed by atoms with E-state index in [1.54, 1.807) is 0 Å². The molecule has 1 fully saturated rings. The van der Waals surface area contributed by atoms with E-state index in [2.05, 4.69) is 17.4 Å². The molecule has 0 unspecified atom stereocenters. The lowest BCUT2D eigenvalue weighted by Crippen LogP contribution is -2.17. The van der Waals surface area contributed by atoms with Gasteiger partial charge in [0.2, 0.25) is 0 Å². The third kappa shape index (κ3) is 3.49. The Morgan fingerprint density at radius 2 is 1.78 bits per heavy atom. The van der Waals surface area contributed by atoms with Crippen molar-refractivity contribution in [1.82, 2.24) is 5.32 Å². The molecule has 1 saturated carbocycles. The van der Waals surface area contributed by atoms with Crippen LogP contribution in [0.2, 0.25) is 0 Å². The monoisotopic (exact) mass is 247 g/mol. The molecule has 0 radical (unpaired) electrons. The Morgan fingerprint density at radius 3 is 2.39 bits per heavy atom. The summed E-state index contributed by atoms with van der Waals surface area (Å²) in [5.74, 6) is 1.39. The van der Waals surface area contributed by atoms with Gasteiger partial charge >= 0.3 is 0 Å². The minimum atomic E-state index is 0.435. The van der Waals surface area contributed by atoms with E-state index in [4.69, 9.17) is 0 Å². The number of hydrogen-bond acceptors (Lipinski definition) is 2. The number of phenolic OH excluding ortho intramolecular Hbond substituents is 1. The molecule has 1 aliphatic rings. The molecule has 0 saturated heterocycles. The van der Waals surface area contributed by atoms with Gasteiger partial charge in [0.1, 0.15) is 5.75 Å². The standard InChI is InChI=1S/C16H25NO/c1-12-9-15(10-13(2)16(12)18)11-17-8-7-14-5-3-4-6-14/h9-10,14,17-18H,3-8,11H2,1-2H3. The zero-order valence-corrected chi connectivity index (χ0v) is 11.6. The van der Waals surface area contributed by atoms with E-state index in [9.17, 15) is 5.11 Å².